The normalized spacial score (nSPS) is 24.8. The molecule has 1 aromatic rings. The molecule has 0 aromatic heterocycles. The van der Waals surface area contributed by atoms with Gasteiger partial charge < -0.3 is 20.9 Å². The van der Waals surface area contributed by atoms with E-state index in [1.54, 1.807) is 14.2 Å². The maximum absolute atomic E-state index is 6.39. The molecule has 0 radical (unpaired) electrons. The van der Waals surface area contributed by atoms with Crippen molar-refractivity contribution < 1.29 is 9.47 Å². The van der Waals surface area contributed by atoms with Gasteiger partial charge in [-0.15, -0.1) is 0 Å². The molecule has 106 valence electrons. The molecule has 1 fully saturated rings. The van der Waals surface area contributed by atoms with Gasteiger partial charge in [0.15, 0.2) is 11.5 Å². The average molecular weight is 264 g/mol. The van der Waals surface area contributed by atoms with Gasteiger partial charge in [-0.3, -0.25) is 0 Å². The molecular formula is C15H24N2O2. The Bertz CT molecular complexity index is 415. The largest absolute Gasteiger partial charge is 0.493 e. The van der Waals surface area contributed by atoms with Gasteiger partial charge in [0, 0.05) is 12.1 Å². The van der Waals surface area contributed by atoms with Crippen molar-refractivity contribution in [1.29, 1.82) is 0 Å². The topological polar surface area (TPSA) is 70.5 Å². The van der Waals surface area contributed by atoms with Crippen LogP contribution in [0.4, 0.5) is 0 Å². The van der Waals surface area contributed by atoms with Crippen LogP contribution in [0.3, 0.4) is 0 Å². The van der Waals surface area contributed by atoms with Gasteiger partial charge in [0.25, 0.3) is 0 Å². The number of nitrogens with two attached hydrogens (primary N) is 2. The lowest BCUT2D eigenvalue weighted by Crippen LogP contribution is -2.31. The summed E-state index contributed by atoms with van der Waals surface area (Å²) in [4.78, 5) is 0. The monoisotopic (exact) mass is 264 g/mol. The predicted molar refractivity (Wildman–Crippen MR) is 76.4 cm³/mol. The number of rotatable bonds is 4. The molecule has 1 aliphatic carbocycles. The first kappa shape index (κ1) is 14.2. The molecular weight excluding hydrogens is 240 g/mol. The second-order valence-electron chi connectivity index (χ2n) is 5.32. The number of benzene rings is 1. The Hall–Kier alpha value is -1.26. The minimum absolute atomic E-state index is 0.0484. The highest BCUT2D eigenvalue weighted by Crippen LogP contribution is 2.36. The van der Waals surface area contributed by atoms with E-state index in [4.69, 9.17) is 20.9 Å². The van der Waals surface area contributed by atoms with Crippen LogP contribution in [0.25, 0.3) is 0 Å². The molecule has 0 amide bonds. The van der Waals surface area contributed by atoms with E-state index >= 15 is 0 Å². The highest BCUT2D eigenvalue weighted by atomic mass is 16.5. The lowest BCUT2D eigenvalue weighted by molar-refractivity contribution is 0.284. The van der Waals surface area contributed by atoms with E-state index in [0.29, 0.717) is 12.0 Å². The van der Waals surface area contributed by atoms with Gasteiger partial charge in [0.05, 0.1) is 14.2 Å². The fourth-order valence-electron chi connectivity index (χ4n) is 2.84. The van der Waals surface area contributed by atoms with Gasteiger partial charge in [-0.1, -0.05) is 6.07 Å². The van der Waals surface area contributed by atoms with E-state index in [2.05, 4.69) is 0 Å². The molecule has 1 unspecified atom stereocenters. The number of hydrogen-bond donors (Lipinski definition) is 2. The Morgan fingerprint density at radius 1 is 1.05 bits per heavy atom. The summed E-state index contributed by atoms with van der Waals surface area (Å²) in [6.07, 6.45) is 4.37. The van der Waals surface area contributed by atoms with E-state index in [-0.39, 0.29) is 6.04 Å². The van der Waals surface area contributed by atoms with Crippen molar-refractivity contribution in [2.75, 3.05) is 14.2 Å². The van der Waals surface area contributed by atoms with Crippen LogP contribution in [-0.2, 0) is 0 Å². The highest BCUT2D eigenvalue weighted by Gasteiger charge is 2.25. The first-order valence-corrected chi connectivity index (χ1v) is 6.88. The van der Waals surface area contributed by atoms with Crippen molar-refractivity contribution in [3.63, 3.8) is 0 Å². The van der Waals surface area contributed by atoms with E-state index in [9.17, 15) is 0 Å². The molecule has 1 saturated carbocycles. The van der Waals surface area contributed by atoms with E-state index in [1.807, 2.05) is 18.2 Å². The SMILES string of the molecule is COc1ccc(C(N)C2CCC(N)CC2)cc1OC. The van der Waals surface area contributed by atoms with E-state index in [1.165, 1.54) is 0 Å². The van der Waals surface area contributed by atoms with Crippen LogP contribution in [0.5, 0.6) is 11.5 Å². The second-order valence-corrected chi connectivity index (χ2v) is 5.32. The Morgan fingerprint density at radius 2 is 1.68 bits per heavy atom. The van der Waals surface area contributed by atoms with Crippen LogP contribution in [-0.4, -0.2) is 20.3 Å². The molecule has 0 heterocycles. The van der Waals surface area contributed by atoms with Crippen molar-refractivity contribution >= 4 is 0 Å². The molecule has 4 nitrogen and oxygen atoms in total. The molecule has 4 N–H and O–H groups in total. The first-order chi connectivity index (χ1) is 9.15. The zero-order valence-corrected chi connectivity index (χ0v) is 11.8. The summed E-state index contributed by atoms with van der Waals surface area (Å²) in [7, 11) is 3.28. The van der Waals surface area contributed by atoms with Crippen LogP contribution in [0.15, 0.2) is 18.2 Å². The third-order valence-corrected chi connectivity index (χ3v) is 4.12. The minimum Gasteiger partial charge on any atom is -0.493 e. The standard InChI is InChI=1S/C15H24N2O2/c1-18-13-8-5-11(9-14(13)19-2)15(17)10-3-6-12(16)7-4-10/h5,8-10,12,15H,3-4,6-7,16-17H2,1-2H3. The van der Waals surface area contributed by atoms with Crippen LogP contribution in [0.1, 0.15) is 37.3 Å². The Morgan fingerprint density at radius 3 is 2.26 bits per heavy atom. The number of ether oxygens (including phenoxy) is 2. The molecule has 4 heteroatoms. The number of hydrogen-bond acceptors (Lipinski definition) is 4. The van der Waals surface area contributed by atoms with Crippen molar-refractivity contribution in [2.45, 2.75) is 37.8 Å². The van der Waals surface area contributed by atoms with Crippen molar-refractivity contribution in [1.82, 2.24) is 0 Å². The Labute approximate surface area is 115 Å². The quantitative estimate of drug-likeness (QED) is 0.874. The molecule has 0 aliphatic heterocycles. The molecule has 0 saturated heterocycles. The van der Waals surface area contributed by atoms with E-state index < -0.39 is 0 Å². The zero-order chi connectivity index (χ0) is 13.8. The molecule has 2 rings (SSSR count). The maximum Gasteiger partial charge on any atom is 0.161 e. The fourth-order valence-corrected chi connectivity index (χ4v) is 2.84. The Balaban J connectivity index is 2.12. The second kappa shape index (κ2) is 6.26. The third-order valence-electron chi connectivity index (χ3n) is 4.12. The average Bonchev–Trinajstić information content (AvgIpc) is 2.46. The van der Waals surface area contributed by atoms with E-state index in [0.717, 1.165) is 42.7 Å². The molecule has 1 aromatic carbocycles. The molecule has 1 atom stereocenters. The minimum atomic E-state index is 0.0484. The molecule has 0 spiro atoms. The molecule has 0 bridgehead atoms. The molecule has 19 heavy (non-hydrogen) atoms. The summed E-state index contributed by atoms with van der Waals surface area (Å²) >= 11 is 0. The summed E-state index contributed by atoms with van der Waals surface area (Å²) in [6.45, 7) is 0. The van der Waals surface area contributed by atoms with Gasteiger partial charge in [-0.25, -0.2) is 0 Å². The summed E-state index contributed by atoms with van der Waals surface area (Å²) in [5.41, 5.74) is 13.4. The van der Waals surface area contributed by atoms with Crippen molar-refractivity contribution in [3.8, 4) is 11.5 Å². The smallest absolute Gasteiger partial charge is 0.161 e. The van der Waals surface area contributed by atoms with Gasteiger partial charge in [0.1, 0.15) is 0 Å². The van der Waals surface area contributed by atoms with Crippen LogP contribution in [0.2, 0.25) is 0 Å². The summed E-state index contributed by atoms with van der Waals surface area (Å²) in [5.74, 6) is 1.99. The predicted octanol–water partition coefficient (Wildman–Crippen LogP) is 2.22. The summed E-state index contributed by atoms with van der Waals surface area (Å²) < 4.78 is 10.6. The van der Waals surface area contributed by atoms with Gasteiger partial charge in [0.2, 0.25) is 0 Å². The lowest BCUT2D eigenvalue weighted by Gasteiger charge is -2.31. The zero-order valence-electron chi connectivity index (χ0n) is 11.8. The van der Waals surface area contributed by atoms with Crippen LogP contribution >= 0.6 is 0 Å². The molecule has 1 aliphatic rings. The lowest BCUT2D eigenvalue weighted by atomic mass is 9.80. The highest BCUT2D eigenvalue weighted by molar-refractivity contribution is 5.43. The fraction of sp³-hybridized carbons (Fsp3) is 0.600. The summed E-state index contributed by atoms with van der Waals surface area (Å²) in [5, 5.41) is 0. The van der Waals surface area contributed by atoms with Crippen molar-refractivity contribution in [2.24, 2.45) is 17.4 Å². The summed E-state index contributed by atoms with van der Waals surface area (Å²) in [6, 6.07) is 6.34. The maximum atomic E-state index is 6.39. The number of methoxy groups -OCH3 is 2. The van der Waals surface area contributed by atoms with Gasteiger partial charge >= 0.3 is 0 Å². The first-order valence-electron chi connectivity index (χ1n) is 6.88. The van der Waals surface area contributed by atoms with Gasteiger partial charge in [-0.2, -0.15) is 0 Å². The van der Waals surface area contributed by atoms with Gasteiger partial charge in [-0.05, 0) is 49.3 Å². The Kier molecular flexibility index (Phi) is 4.66. The van der Waals surface area contributed by atoms with Crippen LogP contribution in [0, 0.1) is 5.92 Å². The van der Waals surface area contributed by atoms with Crippen molar-refractivity contribution in [3.05, 3.63) is 23.8 Å². The third kappa shape index (κ3) is 3.19. The van der Waals surface area contributed by atoms with Crippen LogP contribution < -0.4 is 20.9 Å².